The molecule has 0 unspecified atom stereocenters. The fourth-order valence-electron chi connectivity index (χ4n) is 4.79. The van der Waals surface area contributed by atoms with Gasteiger partial charge >= 0.3 is 5.97 Å². The van der Waals surface area contributed by atoms with Crippen molar-refractivity contribution in [1.29, 1.82) is 0 Å². The molecule has 0 fully saturated rings. The number of rotatable bonds is 6. The zero-order valence-electron chi connectivity index (χ0n) is 18.5. The molecule has 0 spiro atoms. The average Bonchev–Trinajstić information content (AvgIpc) is 3.37. The van der Waals surface area contributed by atoms with Crippen molar-refractivity contribution >= 4 is 34.7 Å². The number of Topliss-reactive ketones (excluding diaryl/α,β-unsaturated/α-hetero) is 1. The van der Waals surface area contributed by atoms with Gasteiger partial charge in [-0.05, 0) is 65.9 Å². The number of halogens is 1. The van der Waals surface area contributed by atoms with Gasteiger partial charge in [0.1, 0.15) is 0 Å². The van der Waals surface area contributed by atoms with Crippen LogP contribution in [0, 0.1) is 16.0 Å². The maximum absolute atomic E-state index is 12.7. The Morgan fingerprint density at radius 1 is 1.03 bits per heavy atom. The van der Waals surface area contributed by atoms with E-state index in [-0.39, 0.29) is 36.0 Å². The molecule has 0 amide bonds. The van der Waals surface area contributed by atoms with E-state index in [9.17, 15) is 19.7 Å². The number of fused-ring (bicyclic) bond motifs is 3. The first-order chi connectivity index (χ1) is 16.9. The Kier molecular flexibility index (Phi) is 6.09. The molecule has 1 aliphatic heterocycles. The number of benzene rings is 3. The first kappa shape index (κ1) is 22.8. The number of allylic oxidation sites excluding steroid dienone is 2. The summed E-state index contributed by atoms with van der Waals surface area (Å²) < 4.78 is 5.28. The molecule has 8 heteroatoms. The number of nitrogens with zero attached hydrogens (tertiary/aromatic N) is 1. The molecule has 0 saturated carbocycles. The summed E-state index contributed by atoms with van der Waals surface area (Å²) in [5, 5.41) is 15.1. The first-order valence-corrected chi connectivity index (χ1v) is 11.6. The van der Waals surface area contributed by atoms with Gasteiger partial charge in [0.2, 0.25) is 0 Å². The third-order valence-electron chi connectivity index (χ3n) is 6.56. The monoisotopic (exact) mass is 488 g/mol. The third-order valence-corrected chi connectivity index (χ3v) is 6.81. The van der Waals surface area contributed by atoms with Gasteiger partial charge in [-0.25, -0.2) is 4.79 Å². The van der Waals surface area contributed by atoms with Crippen LogP contribution in [-0.4, -0.2) is 23.3 Å². The van der Waals surface area contributed by atoms with Crippen LogP contribution < -0.4 is 5.32 Å². The second-order valence-electron chi connectivity index (χ2n) is 8.63. The minimum Gasteiger partial charge on any atom is -0.454 e. The number of nitro groups is 1. The van der Waals surface area contributed by atoms with E-state index in [1.54, 1.807) is 42.5 Å². The van der Waals surface area contributed by atoms with E-state index in [0.717, 1.165) is 23.2 Å². The largest absolute Gasteiger partial charge is 0.454 e. The molecule has 0 aromatic heterocycles. The fraction of sp³-hybridized carbons (Fsp3) is 0.185. The normalized spacial score (nSPS) is 19.9. The minimum atomic E-state index is -0.564. The van der Waals surface area contributed by atoms with Crippen LogP contribution in [0.15, 0.2) is 78.9 Å². The first-order valence-electron chi connectivity index (χ1n) is 11.2. The molecule has 7 nitrogen and oxygen atoms in total. The molecule has 0 bridgehead atoms. The summed E-state index contributed by atoms with van der Waals surface area (Å²) in [7, 11) is 0. The van der Waals surface area contributed by atoms with Crippen molar-refractivity contribution in [3.8, 4) is 0 Å². The van der Waals surface area contributed by atoms with Gasteiger partial charge in [-0.3, -0.25) is 14.9 Å². The van der Waals surface area contributed by atoms with Crippen LogP contribution in [0.5, 0.6) is 0 Å². The quantitative estimate of drug-likeness (QED) is 0.148. The standard InChI is InChI=1S/C27H21ClN2O5/c28-19-9-4-16(5-10-19)25(31)15-35-27(32)18-8-13-24-23(14-18)21-2-1-3-22(21)26(29-24)17-6-11-20(12-7-17)30(33)34/h1-2,4-14,21-22,26,29H,3,15H2/t21-,22+,26+/m0/s1. The summed E-state index contributed by atoms with van der Waals surface area (Å²) in [5.41, 5.74) is 3.72. The van der Waals surface area contributed by atoms with Crippen LogP contribution in [-0.2, 0) is 4.74 Å². The summed E-state index contributed by atoms with van der Waals surface area (Å²) in [6.45, 7) is -0.357. The number of non-ortho nitro benzene ring substituents is 1. The van der Waals surface area contributed by atoms with Crippen LogP contribution in [0.25, 0.3) is 0 Å². The second-order valence-corrected chi connectivity index (χ2v) is 9.07. The van der Waals surface area contributed by atoms with Crippen molar-refractivity contribution in [2.45, 2.75) is 18.4 Å². The highest BCUT2D eigenvalue weighted by atomic mass is 35.5. The van der Waals surface area contributed by atoms with Gasteiger partial charge in [0, 0.05) is 34.3 Å². The minimum absolute atomic E-state index is 0.0156. The molecule has 3 atom stereocenters. The van der Waals surface area contributed by atoms with Crippen LogP contribution in [0.1, 0.15) is 50.2 Å². The van der Waals surface area contributed by atoms with Gasteiger partial charge in [-0.15, -0.1) is 0 Å². The number of ether oxygens (including phenoxy) is 1. The molecule has 1 heterocycles. The lowest BCUT2D eigenvalue weighted by Crippen LogP contribution is -2.29. The van der Waals surface area contributed by atoms with Crippen LogP contribution in [0.2, 0.25) is 5.02 Å². The van der Waals surface area contributed by atoms with Crippen molar-refractivity contribution in [2.24, 2.45) is 5.92 Å². The highest BCUT2D eigenvalue weighted by molar-refractivity contribution is 6.30. The lowest BCUT2D eigenvalue weighted by Gasteiger charge is -2.37. The van der Waals surface area contributed by atoms with Crippen molar-refractivity contribution in [3.05, 3.63) is 116 Å². The number of ketones is 1. The zero-order chi connectivity index (χ0) is 24.5. The highest BCUT2D eigenvalue weighted by Crippen LogP contribution is 2.50. The van der Waals surface area contributed by atoms with Crippen LogP contribution in [0.4, 0.5) is 11.4 Å². The lowest BCUT2D eigenvalue weighted by molar-refractivity contribution is -0.384. The fourth-order valence-corrected chi connectivity index (χ4v) is 4.91. The van der Waals surface area contributed by atoms with E-state index in [1.165, 1.54) is 12.1 Å². The van der Waals surface area contributed by atoms with E-state index < -0.39 is 10.9 Å². The molecule has 35 heavy (non-hydrogen) atoms. The average molecular weight is 489 g/mol. The van der Waals surface area contributed by atoms with E-state index in [1.807, 2.05) is 12.1 Å². The molecule has 0 radical (unpaired) electrons. The number of nitrogens with one attached hydrogen (secondary N) is 1. The second kappa shape index (κ2) is 9.35. The topological polar surface area (TPSA) is 98.5 Å². The SMILES string of the molecule is O=C(COC(=O)c1ccc2c(c1)[C@H]1C=CC[C@H]1[C@@H](c1ccc([N+](=O)[O-])cc1)N2)c1ccc(Cl)cc1. The number of carbonyl (C=O) groups excluding carboxylic acids is 2. The number of carbonyl (C=O) groups is 2. The summed E-state index contributed by atoms with van der Waals surface area (Å²) in [6.07, 6.45) is 5.12. The molecule has 5 rings (SSSR count). The molecule has 1 aliphatic carbocycles. The molecule has 0 saturated heterocycles. The van der Waals surface area contributed by atoms with Gasteiger partial charge in [-0.1, -0.05) is 35.9 Å². The molecular weight excluding hydrogens is 468 g/mol. The summed E-state index contributed by atoms with van der Waals surface area (Å²) in [4.78, 5) is 35.6. The smallest absolute Gasteiger partial charge is 0.338 e. The molecule has 1 N–H and O–H groups in total. The predicted molar refractivity (Wildman–Crippen MR) is 132 cm³/mol. The van der Waals surface area contributed by atoms with Gasteiger partial charge in [0.15, 0.2) is 12.4 Å². The van der Waals surface area contributed by atoms with E-state index in [4.69, 9.17) is 16.3 Å². The number of hydrogen-bond donors (Lipinski definition) is 1. The van der Waals surface area contributed by atoms with Crippen LogP contribution in [0.3, 0.4) is 0 Å². The Labute approximate surface area is 206 Å². The Morgan fingerprint density at radius 2 is 1.74 bits per heavy atom. The molecule has 2 aliphatic rings. The molecule has 3 aromatic carbocycles. The molecule has 3 aromatic rings. The maximum atomic E-state index is 12.7. The molecule has 176 valence electrons. The van der Waals surface area contributed by atoms with E-state index >= 15 is 0 Å². The highest BCUT2D eigenvalue weighted by Gasteiger charge is 2.38. The number of hydrogen-bond acceptors (Lipinski definition) is 6. The Morgan fingerprint density at radius 3 is 2.46 bits per heavy atom. The summed E-state index contributed by atoms with van der Waals surface area (Å²) in [5.74, 6) is -0.567. The van der Waals surface area contributed by atoms with Gasteiger partial charge in [0.25, 0.3) is 5.69 Å². The molecular formula is C27H21ClN2O5. The Balaban J connectivity index is 1.33. The number of esters is 1. The van der Waals surface area contributed by atoms with Gasteiger partial charge < -0.3 is 10.1 Å². The van der Waals surface area contributed by atoms with Crippen LogP contribution >= 0.6 is 11.6 Å². The predicted octanol–water partition coefficient (Wildman–Crippen LogP) is 6.11. The van der Waals surface area contributed by atoms with E-state index in [2.05, 4.69) is 17.5 Å². The van der Waals surface area contributed by atoms with E-state index in [0.29, 0.717) is 16.1 Å². The number of anilines is 1. The van der Waals surface area contributed by atoms with Crippen molar-refractivity contribution in [2.75, 3.05) is 11.9 Å². The Hall–Kier alpha value is -3.97. The van der Waals surface area contributed by atoms with Crippen molar-refractivity contribution < 1.29 is 19.2 Å². The Bertz CT molecular complexity index is 1330. The van der Waals surface area contributed by atoms with Crippen molar-refractivity contribution in [1.82, 2.24) is 0 Å². The number of nitro benzene ring substituents is 1. The van der Waals surface area contributed by atoms with Crippen molar-refractivity contribution in [3.63, 3.8) is 0 Å². The lowest BCUT2D eigenvalue weighted by atomic mass is 9.76. The zero-order valence-corrected chi connectivity index (χ0v) is 19.3. The maximum Gasteiger partial charge on any atom is 0.338 e. The van der Waals surface area contributed by atoms with Gasteiger partial charge in [0.05, 0.1) is 16.5 Å². The third kappa shape index (κ3) is 4.55. The summed E-state index contributed by atoms with van der Waals surface area (Å²) in [6, 6.07) is 18.4. The summed E-state index contributed by atoms with van der Waals surface area (Å²) >= 11 is 5.85. The van der Waals surface area contributed by atoms with Gasteiger partial charge in [-0.2, -0.15) is 0 Å².